The number of aliphatic hydroxyl groups excluding tert-OH is 1. The van der Waals surface area contributed by atoms with Crippen LogP contribution in [0.1, 0.15) is 37.3 Å². The number of rotatable bonds is 5. The SMILES string of the molecule is CN1C(=O)COC(C(=O)NCC2(CO)CCCC2)C1c1ccc(F)cc1. The Morgan fingerprint density at radius 3 is 2.62 bits per heavy atom. The van der Waals surface area contributed by atoms with Crippen LogP contribution in [0.5, 0.6) is 0 Å². The van der Waals surface area contributed by atoms with E-state index in [0.717, 1.165) is 25.7 Å². The number of benzene rings is 1. The number of carbonyl (C=O) groups excluding carboxylic acids is 2. The average Bonchev–Trinajstić information content (AvgIpc) is 3.12. The number of halogens is 1. The highest BCUT2D eigenvalue weighted by Crippen LogP contribution is 2.37. The molecule has 7 heteroatoms. The second kappa shape index (κ2) is 7.72. The van der Waals surface area contributed by atoms with Crippen LogP contribution in [-0.4, -0.2) is 54.7 Å². The summed E-state index contributed by atoms with van der Waals surface area (Å²) in [5.41, 5.74) is 0.372. The Kier molecular flexibility index (Phi) is 5.58. The fraction of sp³-hybridized carbons (Fsp3) is 0.579. The van der Waals surface area contributed by atoms with Gasteiger partial charge in [0, 0.05) is 19.0 Å². The van der Waals surface area contributed by atoms with Crippen LogP contribution in [0.15, 0.2) is 24.3 Å². The van der Waals surface area contributed by atoms with Crippen molar-refractivity contribution in [2.75, 3.05) is 26.8 Å². The van der Waals surface area contributed by atoms with Crippen molar-refractivity contribution >= 4 is 11.8 Å². The van der Waals surface area contributed by atoms with Crippen LogP contribution in [-0.2, 0) is 14.3 Å². The Labute approximate surface area is 152 Å². The van der Waals surface area contributed by atoms with Gasteiger partial charge in [0.1, 0.15) is 12.4 Å². The van der Waals surface area contributed by atoms with Crippen LogP contribution in [0.2, 0.25) is 0 Å². The Hall–Kier alpha value is -1.99. The van der Waals surface area contributed by atoms with E-state index in [1.165, 1.54) is 17.0 Å². The number of hydrogen-bond acceptors (Lipinski definition) is 4. The summed E-state index contributed by atoms with van der Waals surface area (Å²) in [5, 5.41) is 12.6. The van der Waals surface area contributed by atoms with Gasteiger partial charge in [-0.1, -0.05) is 25.0 Å². The van der Waals surface area contributed by atoms with Gasteiger partial charge in [-0.05, 0) is 30.5 Å². The monoisotopic (exact) mass is 364 g/mol. The number of aliphatic hydroxyl groups is 1. The molecule has 0 spiro atoms. The van der Waals surface area contributed by atoms with Crippen LogP contribution >= 0.6 is 0 Å². The van der Waals surface area contributed by atoms with Gasteiger partial charge in [-0.25, -0.2) is 4.39 Å². The van der Waals surface area contributed by atoms with Gasteiger partial charge in [-0.15, -0.1) is 0 Å². The van der Waals surface area contributed by atoms with Gasteiger partial charge in [0.15, 0.2) is 6.10 Å². The van der Waals surface area contributed by atoms with Crippen molar-refractivity contribution in [3.8, 4) is 0 Å². The van der Waals surface area contributed by atoms with Gasteiger partial charge in [-0.3, -0.25) is 9.59 Å². The molecule has 2 amide bonds. The minimum atomic E-state index is -0.875. The van der Waals surface area contributed by atoms with Crippen LogP contribution < -0.4 is 5.32 Å². The molecule has 1 aliphatic carbocycles. The minimum Gasteiger partial charge on any atom is -0.396 e. The molecule has 1 heterocycles. The van der Waals surface area contributed by atoms with E-state index < -0.39 is 12.1 Å². The summed E-state index contributed by atoms with van der Waals surface area (Å²) in [6.45, 7) is 0.256. The van der Waals surface area contributed by atoms with Crippen LogP contribution in [0, 0.1) is 11.2 Å². The van der Waals surface area contributed by atoms with E-state index >= 15 is 0 Å². The first-order chi connectivity index (χ1) is 12.5. The highest BCUT2D eigenvalue weighted by Gasteiger charge is 2.41. The molecule has 1 saturated heterocycles. The van der Waals surface area contributed by atoms with Crippen molar-refractivity contribution in [1.29, 1.82) is 0 Å². The molecule has 0 bridgehead atoms. The van der Waals surface area contributed by atoms with Crippen molar-refractivity contribution in [3.05, 3.63) is 35.6 Å². The molecule has 1 saturated carbocycles. The second-order valence-electron chi connectivity index (χ2n) is 7.32. The molecule has 2 fully saturated rings. The lowest BCUT2D eigenvalue weighted by Gasteiger charge is -2.38. The van der Waals surface area contributed by atoms with Gasteiger partial charge in [0.05, 0.1) is 12.6 Å². The Morgan fingerprint density at radius 2 is 2.00 bits per heavy atom. The molecule has 3 rings (SSSR count). The summed E-state index contributed by atoms with van der Waals surface area (Å²) in [5.74, 6) is -0.934. The summed E-state index contributed by atoms with van der Waals surface area (Å²) >= 11 is 0. The summed E-state index contributed by atoms with van der Waals surface area (Å²) in [6, 6.07) is 5.11. The van der Waals surface area contributed by atoms with Crippen molar-refractivity contribution in [2.24, 2.45) is 5.41 Å². The lowest BCUT2D eigenvalue weighted by molar-refractivity contribution is -0.162. The lowest BCUT2D eigenvalue weighted by Crippen LogP contribution is -2.54. The van der Waals surface area contributed by atoms with E-state index in [2.05, 4.69) is 5.32 Å². The number of carbonyl (C=O) groups is 2. The number of hydrogen-bond donors (Lipinski definition) is 2. The van der Waals surface area contributed by atoms with Crippen LogP contribution in [0.3, 0.4) is 0 Å². The second-order valence-corrected chi connectivity index (χ2v) is 7.32. The first-order valence-corrected chi connectivity index (χ1v) is 8.97. The molecule has 0 aromatic heterocycles. The van der Waals surface area contributed by atoms with E-state index in [1.54, 1.807) is 19.2 Å². The fourth-order valence-corrected chi connectivity index (χ4v) is 3.88. The molecule has 142 valence electrons. The molecule has 1 aromatic carbocycles. The topological polar surface area (TPSA) is 78.9 Å². The Morgan fingerprint density at radius 1 is 1.35 bits per heavy atom. The molecule has 2 atom stereocenters. The number of nitrogens with zero attached hydrogens (tertiary/aromatic N) is 1. The van der Waals surface area contributed by atoms with E-state index in [1.807, 2.05) is 0 Å². The maximum atomic E-state index is 13.2. The summed E-state index contributed by atoms with van der Waals surface area (Å²) in [7, 11) is 1.62. The predicted molar refractivity (Wildman–Crippen MR) is 92.6 cm³/mol. The standard InChI is InChI=1S/C19H25FN2O4/c1-22-15(24)10-26-17(16(22)13-4-6-14(20)7-5-13)18(25)21-11-19(12-23)8-2-3-9-19/h4-7,16-17,23H,2-3,8-12H2,1H3,(H,21,25). The average molecular weight is 364 g/mol. The summed E-state index contributed by atoms with van der Waals surface area (Å²) in [6.07, 6.45) is 2.99. The van der Waals surface area contributed by atoms with Gasteiger partial charge >= 0.3 is 0 Å². The first kappa shape index (κ1) is 18.8. The number of morpholine rings is 1. The van der Waals surface area contributed by atoms with Gasteiger partial charge in [0.2, 0.25) is 5.91 Å². The third-order valence-electron chi connectivity index (χ3n) is 5.59. The lowest BCUT2D eigenvalue weighted by atomic mass is 9.87. The third-order valence-corrected chi connectivity index (χ3v) is 5.59. The van der Waals surface area contributed by atoms with E-state index in [-0.39, 0.29) is 36.3 Å². The third kappa shape index (κ3) is 3.73. The minimum absolute atomic E-state index is 0.0403. The first-order valence-electron chi connectivity index (χ1n) is 8.97. The highest BCUT2D eigenvalue weighted by atomic mass is 19.1. The maximum absolute atomic E-state index is 13.2. The fourth-order valence-electron chi connectivity index (χ4n) is 3.88. The van der Waals surface area contributed by atoms with Crippen LogP contribution in [0.4, 0.5) is 4.39 Å². The molecule has 0 radical (unpaired) electrons. The maximum Gasteiger partial charge on any atom is 0.251 e. The van der Waals surface area contributed by atoms with E-state index in [0.29, 0.717) is 12.1 Å². The molecule has 2 N–H and O–H groups in total. The Bertz CT molecular complexity index is 658. The van der Waals surface area contributed by atoms with Gasteiger partial charge in [-0.2, -0.15) is 0 Å². The summed E-state index contributed by atoms with van der Waals surface area (Å²) in [4.78, 5) is 26.3. The molecular formula is C19H25FN2O4. The zero-order valence-corrected chi connectivity index (χ0v) is 14.9. The normalized spacial score (nSPS) is 25.3. The molecule has 26 heavy (non-hydrogen) atoms. The zero-order valence-electron chi connectivity index (χ0n) is 14.9. The molecule has 2 unspecified atom stereocenters. The largest absolute Gasteiger partial charge is 0.396 e. The number of likely N-dealkylation sites (N-methyl/N-ethyl adjacent to an activating group) is 1. The number of ether oxygens (including phenoxy) is 1. The van der Waals surface area contributed by atoms with Gasteiger partial charge in [0.25, 0.3) is 5.91 Å². The summed E-state index contributed by atoms with van der Waals surface area (Å²) < 4.78 is 18.8. The highest BCUT2D eigenvalue weighted by molar-refractivity contribution is 5.86. The van der Waals surface area contributed by atoms with E-state index in [9.17, 15) is 19.1 Å². The number of nitrogens with one attached hydrogen (secondary N) is 1. The van der Waals surface area contributed by atoms with Crippen LogP contribution in [0.25, 0.3) is 0 Å². The molecule has 6 nitrogen and oxygen atoms in total. The predicted octanol–water partition coefficient (Wildman–Crippen LogP) is 1.39. The van der Waals surface area contributed by atoms with Crippen molar-refractivity contribution in [1.82, 2.24) is 10.2 Å². The molecule has 1 aromatic rings. The smallest absolute Gasteiger partial charge is 0.251 e. The quantitative estimate of drug-likeness (QED) is 0.828. The van der Waals surface area contributed by atoms with Crippen molar-refractivity contribution < 1.29 is 23.8 Å². The van der Waals surface area contributed by atoms with Crippen molar-refractivity contribution in [3.63, 3.8) is 0 Å². The van der Waals surface area contributed by atoms with Crippen molar-refractivity contribution in [2.45, 2.75) is 37.8 Å². The van der Waals surface area contributed by atoms with E-state index in [4.69, 9.17) is 4.74 Å². The Balaban J connectivity index is 1.75. The molecular weight excluding hydrogens is 339 g/mol. The molecule has 2 aliphatic rings. The zero-order chi connectivity index (χ0) is 18.7. The van der Waals surface area contributed by atoms with Gasteiger partial charge < -0.3 is 20.1 Å². The molecule has 1 aliphatic heterocycles. The number of amides is 2.